The molecule has 3 N–H and O–H groups in total. The molecule has 1 aromatic heterocycles. The van der Waals surface area contributed by atoms with Crippen LogP contribution >= 0.6 is 0 Å². The van der Waals surface area contributed by atoms with E-state index in [9.17, 15) is 4.79 Å². The molecule has 1 amide bonds. The van der Waals surface area contributed by atoms with Crippen molar-refractivity contribution in [2.24, 2.45) is 5.84 Å². The Kier molecular flexibility index (Phi) is 4.24. The Morgan fingerprint density at radius 3 is 2.95 bits per heavy atom. The number of carbonyl (C=O) groups is 1. The third-order valence-electron chi connectivity index (χ3n) is 3.66. The summed E-state index contributed by atoms with van der Waals surface area (Å²) in [6.07, 6.45) is 1.17. The lowest BCUT2D eigenvalue weighted by Crippen LogP contribution is -2.31. The van der Waals surface area contributed by atoms with Gasteiger partial charge < -0.3 is 9.32 Å². The Morgan fingerprint density at radius 2 is 2.37 bits per heavy atom. The van der Waals surface area contributed by atoms with Gasteiger partial charge in [0, 0.05) is 24.7 Å². The van der Waals surface area contributed by atoms with E-state index >= 15 is 0 Å². The molecule has 0 aliphatic carbocycles. The van der Waals surface area contributed by atoms with Crippen LogP contribution in [-0.2, 0) is 6.54 Å². The van der Waals surface area contributed by atoms with Crippen molar-refractivity contribution in [3.05, 3.63) is 23.2 Å². The van der Waals surface area contributed by atoms with Crippen LogP contribution in [0.25, 0.3) is 0 Å². The van der Waals surface area contributed by atoms with Crippen LogP contribution in [0, 0.1) is 6.92 Å². The number of rotatable bonds is 4. The molecule has 106 valence electrons. The second-order valence-electron chi connectivity index (χ2n) is 5.34. The van der Waals surface area contributed by atoms with E-state index in [1.54, 1.807) is 0 Å². The van der Waals surface area contributed by atoms with Gasteiger partial charge in [0.05, 0.1) is 6.54 Å². The molecule has 6 heteroatoms. The van der Waals surface area contributed by atoms with Crippen molar-refractivity contribution >= 4 is 5.91 Å². The van der Waals surface area contributed by atoms with Crippen LogP contribution in [-0.4, -0.2) is 48.9 Å². The molecule has 0 aromatic carbocycles. The maximum Gasteiger partial charge on any atom is 0.301 e. The van der Waals surface area contributed by atoms with E-state index in [1.807, 2.05) is 13.0 Å². The van der Waals surface area contributed by atoms with E-state index in [1.165, 1.54) is 6.42 Å². The molecule has 1 aromatic rings. The number of likely N-dealkylation sites (tertiary alicyclic amines) is 1. The fourth-order valence-electron chi connectivity index (χ4n) is 2.51. The highest BCUT2D eigenvalue weighted by atomic mass is 16.4. The molecule has 1 aliphatic rings. The third-order valence-corrected chi connectivity index (χ3v) is 3.66. The van der Waals surface area contributed by atoms with Gasteiger partial charge in [0.1, 0.15) is 5.76 Å². The van der Waals surface area contributed by atoms with Crippen LogP contribution in [0.4, 0.5) is 0 Å². The van der Waals surface area contributed by atoms with Crippen molar-refractivity contribution in [1.82, 2.24) is 15.2 Å². The first-order valence-corrected chi connectivity index (χ1v) is 6.50. The van der Waals surface area contributed by atoms with Gasteiger partial charge in [0.2, 0.25) is 0 Å². The van der Waals surface area contributed by atoms with Crippen LogP contribution in [0.5, 0.6) is 0 Å². The van der Waals surface area contributed by atoms with Crippen LogP contribution in [0.2, 0.25) is 0 Å². The van der Waals surface area contributed by atoms with Gasteiger partial charge in [0.25, 0.3) is 0 Å². The summed E-state index contributed by atoms with van der Waals surface area (Å²) < 4.78 is 5.58. The molecular weight excluding hydrogens is 244 g/mol. The van der Waals surface area contributed by atoms with Crippen molar-refractivity contribution in [3.63, 3.8) is 0 Å². The molecule has 1 aliphatic heterocycles. The normalized spacial score (nSPS) is 20.2. The second-order valence-corrected chi connectivity index (χ2v) is 5.34. The first-order valence-electron chi connectivity index (χ1n) is 6.50. The number of hydrogen-bond donors (Lipinski definition) is 2. The van der Waals surface area contributed by atoms with Crippen LogP contribution in [0.1, 0.15) is 28.3 Å². The number of furan rings is 1. The molecule has 0 saturated carbocycles. The molecule has 0 spiro atoms. The zero-order valence-corrected chi connectivity index (χ0v) is 11.8. The SMILES string of the molecule is Cc1cc(CN2CCC(N(C)C)C2)oc1C(=O)NN. The molecule has 6 nitrogen and oxygen atoms in total. The number of amides is 1. The van der Waals surface area contributed by atoms with Crippen LogP contribution in [0.3, 0.4) is 0 Å². The molecule has 0 bridgehead atoms. The van der Waals surface area contributed by atoms with Crippen LogP contribution < -0.4 is 11.3 Å². The number of carbonyl (C=O) groups excluding carboxylic acids is 1. The van der Waals surface area contributed by atoms with Gasteiger partial charge in [0.15, 0.2) is 5.76 Å². The van der Waals surface area contributed by atoms with E-state index in [4.69, 9.17) is 10.3 Å². The number of nitrogens with zero attached hydrogens (tertiary/aromatic N) is 2. The Bertz CT molecular complexity index is 455. The Labute approximate surface area is 113 Å². The standard InChI is InChI=1S/C13H22N4O2/c1-9-6-11(19-12(9)13(18)15-14)8-17-5-4-10(7-17)16(2)3/h6,10H,4-5,7-8,14H2,1-3H3,(H,15,18). The van der Waals surface area contributed by atoms with E-state index in [2.05, 4.69) is 29.3 Å². The van der Waals surface area contributed by atoms with Crippen LogP contribution in [0.15, 0.2) is 10.5 Å². The number of nitrogens with one attached hydrogen (secondary N) is 1. The van der Waals surface area contributed by atoms with Gasteiger partial charge in [-0.3, -0.25) is 15.1 Å². The Morgan fingerprint density at radius 1 is 1.63 bits per heavy atom. The highest BCUT2D eigenvalue weighted by molar-refractivity contribution is 5.92. The monoisotopic (exact) mass is 266 g/mol. The van der Waals surface area contributed by atoms with Gasteiger partial charge in [-0.2, -0.15) is 0 Å². The van der Waals surface area contributed by atoms with Gasteiger partial charge in [-0.15, -0.1) is 0 Å². The Balaban J connectivity index is 1.99. The number of hydrogen-bond acceptors (Lipinski definition) is 5. The fourth-order valence-corrected chi connectivity index (χ4v) is 2.51. The van der Waals surface area contributed by atoms with Gasteiger partial charge in [-0.05, 0) is 33.5 Å². The average Bonchev–Trinajstić information content (AvgIpc) is 2.96. The minimum Gasteiger partial charge on any atom is -0.454 e. The number of nitrogen functional groups attached to an aromatic ring is 1. The highest BCUT2D eigenvalue weighted by Gasteiger charge is 2.25. The van der Waals surface area contributed by atoms with E-state index in [0.717, 1.165) is 31.0 Å². The number of aryl methyl sites for hydroxylation is 1. The molecular formula is C13H22N4O2. The summed E-state index contributed by atoms with van der Waals surface area (Å²) in [4.78, 5) is 16.1. The number of hydrazine groups is 1. The molecule has 2 rings (SSSR count). The molecule has 1 atom stereocenters. The lowest BCUT2D eigenvalue weighted by Gasteiger charge is -2.19. The average molecular weight is 266 g/mol. The number of nitrogens with two attached hydrogens (primary N) is 1. The summed E-state index contributed by atoms with van der Waals surface area (Å²) in [6, 6.07) is 2.51. The smallest absolute Gasteiger partial charge is 0.301 e. The zero-order valence-electron chi connectivity index (χ0n) is 11.8. The predicted molar refractivity (Wildman–Crippen MR) is 72.5 cm³/mol. The quantitative estimate of drug-likeness (QED) is 0.466. The van der Waals surface area contributed by atoms with Crippen molar-refractivity contribution in [1.29, 1.82) is 0 Å². The van der Waals surface area contributed by atoms with E-state index in [-0.39, 0.29) is 5.91 Å². The first kappa shape index (κ1) is 14.0. The summed E-state index contributed by atoms with van der Waals surface area (Å²) in [5.74, 6) is 5.87. The minimum absolute atomic E-state index is 0.306. The second kappa shape index (κ2) is 5.73. The molecule has 2 heterocycles. The summed E-state index contributed by atoms with van der Waals surface area (Å²) in [7, 11) is 4.21. The van der Waals surface area contributed by atoms with Gasteiger partial charge >= 0.3 is 5.91 Å². The summed E-state index contributed by atoms with van der Waals surface area (Å²) >= 11 is 0. The van der Waals surface area contributed by atoms with E-state index in [0.29, 0.717) is 11.8 Å². The fraction of sp³-hybridized carbons (Fsp3) is 0.615. The molecule has 1 unspecified atom stereocenters. The maximum atomic E-state index is 11.5. The maximum absolute atomic E-state index is 11.5. The lowest BCUT2D eigenvalue weighted by atomic mass is 10.2. The first-order chi connectivity index (χ1) is 9.01. The minimum atomic E-state index is -0.378. The summed E-state index contributed by atoms with van der Waals surface area (Å²) in [5, 5.41) is 0. The zero-order chi connectivity index (χ0) is 14.0. The summed E-state index contributed by atoms with van der Waals surface area (Å²) in [5.41, 5.74) is 2.92. The third kappa shape index (κ3) is 3.15. The van der Waals surface area contributed by atoms with Gasteiger partial charge in [-0.1, -0.05) is 0 Å². The largest absolute Gasteiger partial charge is 0.454 e. The topological polar surface area (TPSA) is 74.7 Å². The van der Waals surface area contributed by atoms with Crippen molar-refractivity contribution in [3.8, 4) is 0 Å². The van der Waals surface area contributed by atoms with Crippen molar-refractivity contribution in [2.45, 2.75) is 25.9 Å². The van der Waals surface area contributed by atoms with Gasteiger partial charge in [-0.25, -0.2) is 5.84 Å². The lowest BCUT2D eigenvalue weighted by molar-refractivity contribution is 0.0921. The van der Waals surface area contributed by atoms with Crippen molar-refractivity contribution < 1.29 is 9.21 Å². The summed E-state index contributed by atoms with van der Waals surface area (Å²) in [6.45, 7) is 4.68. The Hall–Kier alpha value is -1.37. The highest BCUT2D eigenvalue weighted by Crippen LogP contribution is 2.20. The molecule has 19 heavy (non-hydrogen) atoms. The number of likely N-dealkylation sites (N-methyl/N-ethyl adjacent to an activating group) is 1. The van der Waals surface area contributed by atoms with Crippen molar-refractivity contribution in [2.75, 3.05) is 27.2 Å². The molecule has 1 saturated heterocycles. The van der Waals surface area contributed by atoms with E-state index < -0.39 is 0 Å². The molecule has 1 fully saturated rings. The molecule has 0 radical (unpaired) electrons. The predicted octanol–water partition coefficient (Wildman–Crippen LogP) is 0.327.